The van der Waals surface area contributed by atoms with Gasteiger partial charge in [-0.25, -0.2) is 0 Å². The highest BCUT2D eigenvalue weighted by Crippen LogP contribution is 2.25. The quantitative estimate of drug-likeness (QED) is 0.922. The van der Waals surface area contributed by atoms with Crippen LogP contribution in [0.3, 0.4) is 0 Å². The summed E-state index contributed by atoms with van der Waals surface area (Å²) >= 11 is 0. The average Bonchev–Trinajstić information content (AvgIpc) is 2.72. The summed E-state index contributed by atoms with van der Waals surface area (Å²) in [6, 6.07) is 2.21. The van der Waals surface area contributed by atoms with E-state index in [0.29, 0.717) is 12.5 Å². The largest absolute Gasteiger partial charge is 0.349 e. The van der Waals surface area contributed by atoms with E-state index in [0.717, 1.165) is 42.9 Å². The van der Waals surface area contributed by atoms with Crippen molar-refractivity contribution in [2.24, 2.45) is 11.7 Å². The number of aryl methyl sites for hydroxylation is 1. The predicted octanol–water partition coefficient (Wildman–Crippen LogP) is 2.32. The lowest BCUT2D eigenvalue weighted by atomic mass is 9.92. The Bertz CT molecular complexity index is 492. The van der Waals surface area contributed by atoms with E-state index >= 15 is 0 Å². The molecule has 2 N–H and O–H groups in total. The molecule has 112 valence electrons. The van der Waals surface area contributed by atoms with Crippen molar-refractivity contribution in [1.82, 2.24) is 9.47 Å². The van der Waals surface area contributed by atoms with E-state index in [2.05, 4.69) is 25.3 Å². The number of carbonyl (C=O) groups is 1. The molecular weight excluding hydrogens is 250 g/mol. The van der Waals surface area contributed by atoms with Gasteiger partial charge in [-0.3, -0.25) is 4.79 Å². The summed E-state index contributed by atoms with van der Waals surface area (Å²) in [6.07, 6.45) is 2.10. The number of amides is 1. The topological polar surface area (TPSA) is 51.3 Å². The lowest BCUT2D eigenvalue weighted by molar-refractivity contribution is 0.0573. The number of hydrogen-bond donors (Lipinski definition) is 1. The van der Waals surface area contributed by atoms with Gasteiger partial charge >= 0.3 is 0 Å². The molecule has 0 aliphatic carbocycles. The van der Waals surface area contributed by atoms with E-state index in [-0.39, 0.29) is 11.9 Å². The van der Waals surface area contributed by atoms with Crippen LogP contribution in [0, 0.1) is 19.8 Å². The number of piperidine rings is 1. The molecule has 1 aliphatic heterocycles. The molecule has 1 aromatic rings. The molecule has 1 aliphatic rings. The fraction of sp³-hybridized carbons (Fsp3) is 0.688. The van der Waals surface area contributed by atoms with Crippen LogP contribution in [0.1, 0.15) is 48.4 Å². The van der Waals surface area contributed by atoms with Crippen molar-refractivity contribution >= 4 is 5.91 Å². The molecule has 0 saturated carbocycles. The van der Waals surface area contributed by atoms with Crippen molar-refractivity contribution in [1.29, 1.82) is 0 Å². The minimum Gasteiger partial charge on any atom is -0.349 e. The molecule has 0 spiro atoms. The van der Waals surface area contributed by atoms with E-state index in [1.807, 2.05) is 17.9 Å². The molecule has 1 amide bonds. The van der Waals surface area contributed by atoms with Gasteiger partial charge in [-0.2, -0.15) is 0 Å². The predicted molar refractivity (Wildman–Crippen MR) is 81.9 cm³/mol. The average molecular weight is 277 g/mol. The van der Waals surface area contributed by atoms with Gasteiger partial charge < -0.3 is 15.2 Å². The molecule has 1 fully saturated rings. The maximum absolute atomic E-state index is 12.8. The molecule has 4 heteroatoms. The first-order chi connectivity index (χ1) is 9.49. The molecule has 1 saturated heterocycles. The van der Waals surface area contributed by atoms with Crippen molar-refractivity contribution < 1.29 is 4.79 Å². The smallest absolute Gasteiger partial charge is 0.255 e. The SMILES string of the molecule is CCn1c(C)cc(C(=O)N2CCC(C)CC2CN)c1C. The van der Waals surface area contributed by atoms with Crippen molar-refractivity contribution in [2.75, 3.05) is 13.1 Å². The fourth-order valence-corrected chi connectivity index (χ4v) is 3.40. The van der Waals surface area contributed by atoms with Gasteiger partial charge in [0.1, 0.15) is 0 Å². The summed E-state index contributed by atoms with van der Waals surface area (Å²) in [7, 11) is 0. The van der Waals surface area contributed by atoms with Crippen LogP contribution >= 0.6 is 0 Å². The number of likely N-dealkylation sites (tertiary alicyclic amines) is 1. The van der Waals surface area contributed by atoms with Crippen LogP contribution in [0.2, 0.25) is 0 Å². The number of aromatic nitrogens is 1. The molecule has 2 rings (SSSR count). The second-order valence-corrected chi connectivity index (χ2v) is 6.05. The van der Waals surface area contributed by atoms with E-state index in [1.165, 1.54) is 0 Å². The summed E-state index contributed by atoms with van der Waals surface area (Å²) in [5.41, 5.74) is 8.95. The fourth-order valence-electron chi connectivity index (χ4n) is 3.40. The normalized spacial score (nSPS) is 23.1. The van der Waals surface area contributed by atoms with Crippen molar-refractivity contribution in [3.05, 3.63) is 23.0 Å². The molecule has 20 heavy (non-hydrogen) atoms. The number of nitrogens with zero attached hydrogens (tertiary/aromatic N) is 2. The highest BCUT2D eigenvalue weighted by atomic mass is 16.2. The molecule has 4 nitrogen and oxygen atoms in total. The highest BCUT2D eigenvalue weighted by molar-refractivity contribution is 5.96. The Kier molecular flexibility index (Phi) is 4.53. The van der Waals surface area contributed by atoms with Crippen LogP contribution in [0.5, 0.6) is 0 Å². The molecular formula is C16H27N3O. The van der Waals surface area contributed by atoms with Crippen molar-refractivity contribution in [3.8, 4) is 0 Å². The van der Waals surface area contributed by atoms with Gasteiger partial charge in [-0.05, 0) is 45.6 Å². The van der Waals surface area contributed by atoms with Gasteiger partial charge in [0, 0.05) is 37.1 Å². The Balaban J connectivity index is 2.26. The maximum Gasteiger partial charge on any atom is 0.255 e. The van der Waals surface area contributed by atoms with Gasteiger partial charge in [0.25, 0.3) is 5.91 Å². The van der Waals surface area contributed by atoms with Crippen LogP contribution in [0.25, 0.3) is 0 Å². The van der Waals surface area contributed by atoms with E-state index in [9.17, 15) is 4.79 Å². The maximum atomic E-state index is 12.8. The monoisotopic (exact) mass is 277 g/mol. The standard InChI is InChI=1S/C16H27N3O/c1-5-18-12(3)9-15(13(18)4)16(20)19-7-6-11(2)8-14(19)10-17/h9,11,14H,5-8,10,17H2,1-4H3. The van der Waals surface area contributed by atoms with Gasteiger partial charge in [-0.1, -0.05) is 6.92 Å². The van der Waals surface area contributed by atoms with Crippen LogP contribution in [-0.2, 0) is 6.54 Å². The van der Waals surface area contributed by atoms with Crippen LogP contribution in [-0.4, -0.2) is 34.5 Å². The first-order valence-corrected chi connectivity index (χ1v) is 7.67. The Labute approximate surface area is 121 Å². The Morgan fingerprint density at radius 1 is 1.45 bits per heavy atom. The van der Waals surface area contributed by atoms with Gasteiger partial charge in [0.15, 0.2) is 0 Å². The van der Waals surface area contributed by atoms with E-state index in [4.69, 9.17) is 5.73 Å². The summed E-state index contributed by atoms with van der Waals surface area (Å²) < 4.78 is 2.19. The van der Waals surface area contributed by atoms with Gasteiger partial charge in [0.05, 0.1) is 5.56 Å². The highest BCUT2D eigenvalue weighted by Gasteiger charge is 2.31. The van der Waals surface area contributed by atoms with E-state index < -0.39 is 0 Å². The Hall–Kier alpha value is -1.29. The summed E-state index contributed by atoms with van der Waals surface area (Å²) in [5.74, 6) is 0.816. The van der Waals surface area contributed by atoms with Gasteiger partial charge in [0.2, 0.25) is 0 Å². The summed E-state index contributed by atoms with van der Waals surface area (Å²) in [6.45, 7) is 10.7. The van der Waals surface area contributed by atoms with Crippen molar-refractivity contribution in [3.63, 3.8) is 0 Å². The molecule has 1 aromatic heterocycles. The second-order valence-electron chi connectivity index (χ2n) is 6.05. The summed E-state index contributed by atoms with van der Waals surface area (Å²) in [4.78, 5) is 14.8. The summed E-state index contributed by atoms with van der Waals surface area (Å²) in [5, 5.41) is 0. The van der Waals surface area contributed by atoms with E-state index in [1.54, 1.807) is 0 Å². The minimum absolute atomic E-state index is 0.153. The Morgan fingerprint density at radius 2 is 2.15 bits per heavy atom. The third kappa shape index (κ3) is 2.62. The van der Waals surface area contributed by atoms with Crippen LogP contribution in [0.15, 0.2) is 6.07 Å². The number of nitrogens with two attached hydrogens (primary N) is 1. The lowest BCUT2D eigenvalue weighted by Crippen LogP contribution is -2.49. The van der Waals surface area contributed by atoms with Crippen LogP contribution in [0.4, 0.5) is 0 Å². The van der Waals surface area contributed by atoms with Crippen LogP contribution < -0.4 is 5.73 Å². The van der Waals surface area contributed by atoms with Crippen molar-refractivity contribution in [2.45, 2.75) is 53.1 Å². The molecule has 0 aromatic carbocycles. The minimum atomic E-state index is 0.153. The zero-order chi connectivity index (χ0) is 14.9. The lowest BCUT2D eigenvalue weighted by Gasteiger charge is -2.38. The number of rotatable bonds is 3. The zero-order valence-corrected chi connectivity index (χ0v) is 13.1. The Morgan fingerprint density at radius 3 is 2.70 bits per heavy atom. The molecule has 2 atom stereocenters. The third-order valence-corrected chi connectivity index (χ3v) is 4.63. The first kappa shape index (κ1) is 15.1. The zero-order valence-electron chi connectivity index (χ0n) is 13.1. The molecule has 2 heterocycles. The number of carbonyl (C=O) groups excluding carboxylic acids is 1. The molecule has 0 radical (unpaired) electrons. The molecule has 2 unspecified atom stereocenters. The molecule has 0 bridgehead atoms. The third-order valence-electron chi connectivity index (χ3n) is 4.63. The number of hydrogen-bond acceptors (Lipinski definition) is 2. The second kappa shape index (κ2) is 6.00. The van der Waals surface area contributed by atoms with Gasteiger partial charge in [-0.15, -0.1) is 0 Å². The first-order valence-electron chi connectivity index (χ1n) is 7.67.